The number of nitrogens with one attached hydrogen (secondary N) is 1. The van der Waals surface area contributed by atoms with Crippen LogP contribution in [-0.4, -0.2) is 27.2 Å². The number of rotatable bonds is 6. The van der Waals surface area contributed by atoms with Gasteiger partial charge in [0.15, 0.2) is 0 Å². The maximum Gasteiger partial charge on any atom is 0.251 e. The molecular formula is C15H19ClN4O. The molecule has 0 unspecified atom stereocenters. The smallest absolute Gasteiger partial charge is 0.251 e. The van der Waals surface area contributed by atoms with Crippen LogP contribution in [0.1, 0.15) is 42.2 Å². The van der Waals surface area contributed by atoms with Gasteiger partial charge in [0, 0.05) is 36.7 Å². The molecule has 1 N–H and O–H groups in total. The second-order valence-electron chi connectivity index (χ2n) is 5.14. The van der Waals surface area contributed by atoms with Crippen LogP contribution in [0.25, 0.3) is 0 Å². The molecule has 0 spiro atoms. The predicted octanol–water partition coefficient (Wildman–Crippen LogP) is 2.88. The first kappa shape index (κ1) is 15.5. The van der Waals surface area contributed by atoms with Crippen molar-refractivity contribution in [3.05, 3.63) is 47.0 Å². The Hall–Kier alpha value is -1.88. The molecule has 2 aromatic rings. The summed E-state index contributed by atoms with van der Waals surface area (Å²) >= 11 is 5.96. The highest BCUT2D eigenvalue weighted by atomic mass is 35.5. The van der Waals surface area contributed by atoms with Gasteiger partial charge in [0.05, 0.1) is 0 Å². The van der Waals surface area contributed by atoms with Gasteiger partial charge in [-0.05, 0) is 30.5 Å². The average molecular weight is 307 g/mol. The quantitative estimate of drug-likeness (QED) is 0.659. The molecule has 0 saturated carbocycles. The highest BCUT2D eigenvalue weighted by molar-refractivity contribution is 6.29. The minimum Gasteiger partial charge on any atom is -0.352 e. The van der Waals surface area contributed by atoms with E-state index in [0.29, 0.717) is 17.3 Å². The standard InChI is InChI=1S/C15H19ClN4O/c1-11(2)13-9-12(10-14(16)19-13)15(21)17-5-3-7-20-8-4-6-18-20/h4,6,8-11H,3,5,7H2,1-2H3,(H,17,21). The Morgan fingerprint density at radius 3 is 2.90 bits per heavy atom. The van der Waals surface area contributed by atoms with Crippen molar-refractivity contribution in [3.63, 3.8) is 0 Å². The largest absolute Gasteiger partial charge is 0.352 e. The van der Waals surface area contributed by atoms with E-state index in [9.17, 15) is 4.79 Å². The van der Waals surface area contributed by atoms with Crippen LogP contribution < -0.4 is 5.32 Å². The Morgan fingerprint density at radius 2 is 2.24 bits per heavy atom. The normalized spacial score (nSPS) is 10.9. The molecule has 0 aromatic carbocycles. The van der Waals surface area contributed by atoms with Crippen LogP contribution >= 0.6 is 11.6 Å². The molecule has 0 radical (unpaired) electrons. The van der Waals surface area contributed by atoms with Crippen LogP contribution in [0.4, 0.5) is 0 Å². The summed E-state index contributed by atoms with van der Waals surface area (Å²) in [6, 6.07) is 5.26. The topological polar surface area (TPSA) is 59.8 Å². The summed E-state index contributed by atoms with van der Waals surface area (Å²) in [5.41, 5.74) is 1.38. The van der Waals surface area contributed by atoms with E-state index in [1.165, 1.54) is 0 Å². The lowest BCUT2D eigenvalue weighted by molar-refractivity contribution is 0.0952. The van der Waals surface area contributed by atoms with Crippen molar-refractivity contribution < 1.29 is 4.79 Å². The molecule has 0 atom stereocenters. The van der Waals surface area contributed by atoms with Crippen molar-refractivity contribution in [1.29, 1.82) is 0 Å². The molecule has 2 heterocycles. The van der Waals surface area contributed by atoms with Crippen molar-refractivity contribution in [1.82, 2.24) is 20.1 Å². The van der Waals surface area contributed by atoms with Gasteiger partial charge in [-0.25, -0.2) is 4.98 Å². The molecule has 5 nitrogen and oxygen atoms in total. The summed E-state index contributed by atoms with van der Waals surface area (Å²) in [4.78, 5) is 16.3. The Balaban J connectivity index is 1.88. The summed E-state index contributed by atoms with van der Waals surface area (Å²) in [5, 5.41) is 7.35. The number of aryl methyl sites for hydroxylation is 1. The van der Waals surface area contributed by atoms with E-state index in [-0.39, 0.29) is 11.8 Å². The van der Waals surface area contributed by atoms with Crippen molar-refractivity contribution >= 4 is 17.5 Å². The molecule has 112 valence electrons. The highest BCUT2D eigenvalue weighted by Crippen LogP contribution is 2.17. The Kier molecular flexibility index (Phi) is 5.33. The zero-order valence-corrected chi connectivity index (χ0v) is 13.0. The van der Waals surface area contributed by atoms with Gasteiger partial charge in [0.25, 0.3) is 5.91 Å². The van der Waals surface area contributed by atoms with Crippen molar-refractivity contribution in [3.8, 4) is 0 Å². The van der Waals surface area contributed by atoms with Crippen LogP contribution in [0.5, 0.6) is 0 Å². The predicted molar refractivity (Wildman–Crippen MR) is 82.5 cm³/mol. The second kappa shape index (κ2) is 7.22. The maximum atomic E-state index is 12.1. The minimum absolute atomic E-state index is 0.123. The number of carbonyl (C=O) groups is 1. The van der Waals surface area contributed by atoms with Crippen molar-refractivity contribution in [2.24, 2.45) is 0 Å². The van der Waals surface area contributed by atoms with E-state index < -0.39 is 0 Å². The van der Waals surface area contributed by atoms with E-state index in [2.05, 4.69) is 15.4 Å². The summed E-state index contributed by atoms with van der Waals surface area (Å²) in [5.74, 6) is 0.108. The maximum absolute atomic E-state index is 12.1. The van der Waals surface area contributed by atoms with Gasteiger partial charge < -0.3 is 5.32 Å². The third kappa shape index (κ3) is 4.56. The second-order valence-corrected chi connectivity index (χ2v) is 5.52. The molecule has 0 bridgehead atoms. The van der Waals surface area contributed by atoms with E-state index in [1.807, 2.05) is 30.8 Å². The van der Waals surface area contributed by atoms with Crippen molar-refractivity contribution in [2.45, 2.75) is 32.7 Å². The molecule has 0 aliphatic heterocycles. The molecule has 0 aliphatic carbocycles. The summed E-state index contributed by atoms with van der Waals surface area (Å²) in [6.45, 7) is 5.41. The van der Waals surface area contributed by atoms with Crippen LogP contribution in [0.3, 0.4) is 0 Å². The first-order valence-corrected chi connectivity index (χ1v) is 7.37. The summed E-state index contributed by atoms with van der Waals surface area (Å²) in [7, 11) is 0. The third-order valence-electron chi connectivity index (χ3n) is 3.08. The van der Waals surface area contributed by atoms with Gasteiger partial charge in [-0.2, -0.15) is 5.10 Å². The number of carbonyl (C=O) groups excluding carboxylic acids is 1. The highest BCUT2D eigenvalue weighted by Gasteiger charge is 2.10. The first-order chi connectivity index (χ1) is 10.1. The first-order valence-electron chi connectivity index (χ1n) is 6.99. The molecule has 2 rings (SSSR count). The fourth-order valence-electron chi connectivity index (χ4n) is 1.92. The number of amides is 1. The Bertz CT molecular complexity index is 596. The average Bonchev–Trinajstić information content (AvgIpc) is 2.95. The fraction of sp³-hybridized carbons (Fsp3) is 0.400. The zero-order chi connectivity index (χ0) is 15.2. The van der Waals surface area contributed by atoms with Gasteiger partial charge in [-0.3, -0.25) is 9.48 Å². The zero-order valence-electron chi connectivity index (χ0n) is 12.2. The number of halogens is 1. The summed E-state index contributed by atoms with van der Waals surface area (Å²) in [6.07, 6.45) is 4.47. The number of aromatic nitrogens is 3. The number of hydrogen-bond acceptors (Lipinski definition) is 3. The van der Waals surface area contributed by atoms with E-state index >= 15 is 0 Å². The lowest BCUT2D eigenvalue weighted by Gasteiger charge is -2.09. The molecule has 1 amide bonds. The van der Waals surface area contributed by atoms with E-state index in [0.717, 1.165) is 18.7 Å². The van der Waals surface area contributed by atoms with Crippen molar-refractivity contribution in [2.75, 3.05) is 6.54 Å². The summed E-state index contributed by atoms with van der Waals surface area (Å²) < 4.78 is 1.84. The molecule has 2 aromatic heterocycles. The Labute approximate surface area is 129 Å². The van der Waals surface area contributed by atoms with Gasteiger partial charge in [-0.15, -0.1) is 0 Å². The van der Waals surface area contributed by atoms with Crippen LogP contribution in [-0.2, 0) is 6.54 Å². The van der Waals surface area contributed by atoms with Gasteiger partial charge >= 0.3 is 0 Å². The third-order valence-corrected chi connectivity index (χ3v) is 3.27. The molecule has 6 heteroatoms. The van der Waals surface area contributed by atoms with E-state index in [4.69, 9.17) is 11.6 Å². The molecule has 0 saturated heterocycles. The van der Waals surface area contributed by atoms with E-state index in [1.54, 1.807) is 18.3 Å². The van der Waals surface area contributed by atoms with Crippen LogP contribution in [0.2, 0.25) is 5.15 Å². The number of pyridine rings is 1. The van der Waals surface area contributed by atoms with Gasteiger partial charge in [-0.1, -0.05) is 25.4 Å². The van der Waals surface area contributed by atoms with Crippen LogP contribution in [0.15, 0.2) is 30.6 Å². The molecule has 0 fully saturated rings. The molecular weight excluding hydrogens is 288 g/mol. The Morgan fingerprint density at radius 1 is 1.43 bits per heavy atom. The van der Waals surface area contributed by atoms with Crippen LogP contribution in [0, 0.1) is 0 Å². The number of hydrogen-bond donors (Lipinski definition) is 1. The molecule has 21 heavy (non-hydrogen) atoms. The molecule has 0 aliphatic rings. The number of nitrogens with zero attached hydrogens (tertiary/aromatic N) is 3. The van der Waals surface area contributed by atoms with Gasteiger partial charge in [0.1, 0.15) is 5.15 Å². The monoisotopic (exact) mass is 306 g/mol. The SMILES string of the molecule is CC(C)c1cc(C(=O)NCCCn2cccn2)cc(Cl)n1. The van der Waals surface area contributed by atoms with Gasteiger partial charge in [0.2, 0.25) is 0 Å². The lowest BCUT2D eigenvalue weighted by atomic mass is 10.1. The lowest BCUT2D eigenvalue weighted by Crippen LogP contribution is -2.25. The minimum atomic E-state index is -0.123. The fourth-order valence-corrected chi connectivity index (χ4v) is 2.14.